The number of halogens is 1. The second kappa shape index (κ2) is 6.38. The maximum Gasteiger partial charge on any atom is 0.407 e. The molecule has 0 aliphatic carbocycles. The van der Waals surface area contributed by atoms with Gasteiger partial charge in [-0.1, -0.05) is 11.6 Å². The molecule has 2 fully saturated rings. The van der Waals surface area contributed by atoms with Gasteiger partial charge in [-0.3, -0.25) is 9.47 Å². The molecule has 3 heterocycles. The van der Waals surface area contributed by atoms with E-state index in [1.807, 2.05) is 16.7 Å². The fourth-order valence-electron chi connectivity index (χ4n) is 4.18. The number of hydrogen-bond donors (Lipinski definition) is 2. The molecule has 4 rings (SSSR count). The smallest absolute Gasteiger partial charge is 0.407 e. The summed E-state index contributed by atoms with van der Waals surface area (Å²) in [4.78, 5) is 30.2. The van der Waals surface area contributed by atoms with Gasteiger partial charge in [0.25, 0.3) is 0 Å². The van der Waals surface area contributed by atoms with Crippen LogP contribution in [0.25, 0.3) is 11.0 Å². The number of imidazole rings is 1. The fourth-order valence-corrected chi connectivity index (χ4v) is 4.35. The summed E-state index contributed by atoms with van der Waals surface area (Å²) in [5.74, 6) is 0. The summed E-state index contributed by atoms with van der Waals surface area (Å²) < 4.78 is 1.83. The highest BCUT2D eigenvalue weighted by molar-refractivity contribution is 6.31. The zero-order valence-electron chi connectivity index (χ0n) is 13.8. The van der Waals surface area contributed by atoms with E-state index in [1.165, 1.54) is 4.90 Å². The summed E-state index contributed by atoms with van der Waals surface area (Å²) >= 11 is 6.10. The summed E-state index contributed by atoms with van der Waals surface area (Å²) in [5, 5.41) is 9.73. The van der Waals surface area contributed by atoms with Crippen molar-refractivity contribution in [1.29, 1.82) is 0 Å². The number of aromatic nitrogens is 2. The lowest BCUT2D eigenvalue weighted by atomic mass is 10.0. The number of hydrogen-bond acceptors (Lipinski definition) is 3. The van der Waals surface area contributed by atoms with Crippen LogP contribution >= 0.6 is 11.6 Å². The van der Waals surface area contributed by atoms with Gasteiger partial charge in [0, 0.05) is 43.3 Å². The molecule has 1 amide bonds. The van der Waals surface area contributed by atoms with Crippen LogP contribution in [0.2, 0.25) is 5.02 Å². The summed E-state index contributed by atoms with van der Waals surface area (Å²) in [6.45, 7) is 2.95. The number of fused-ring (bicyclic) bond motifs is 1. The van der Waals surface area contributed by atoms with Crippen molar-refractivity contribution in [3.05, 3.63) is 33.7 Å². The molecule has 0 saturated carbocycles. The van der Waals surface area contributed by atoms with E-state index < -0.39 is 6.09 Å². The number of nitrogens with one attached hydrogen (secondary N) is 1. The summed E-state index contributed by atoms with van der Waals surface area (Å²) in [5.41, 5.74) is 1.58. The summed E-state index contributed by atoms with van der Waals surface area (Å²) in [7, 11) is 0. The highest BCUT2D eigenvalue weighted by Crippen LogP contribution is 2.28. The van der Waals surface area contributed by atoms with Crippen LogP contribution in [-0.4, -0.2) is 62.8 Å². The summed E-state index contributed by atoms with van der Waals surface area (Å²) in [6, 6.07) is 5.90. The quantitative estimate of drug-likeness (QED) is 0.857. The number of likely N-dealkylation sites (tertiary alicyclic amines) is 2. The Balaban J connectivity index is 1.48. The third kappa shape index (κ3) is 3.02. The molecular weight excluding hydrogens is 344 g/mol. The number of H-pyrrole nitrogens is 1. The van der Waals surface area contributed by atoms with Crippen LogP contribution in [-0.2, 0) is 0 Å². The highest BCUT2D eigenvalue weighted by atomic mass is 35.5. The monoisotopic (exact) mass is 364 g/mol. The van der Waals surface area contributed by atoms with Crippen molar-refractivity contribution in [3.63, 3.8) is 0 Å². The number of nitrogens with zero attached hydrogens (tertiary/aromatic N) is 3. The first-order valence-electron chi connectivity index (χ1n) is 8.64. The molecule has 1 atom stereocenters. The Bertz CT molecular complexity index is 853. The molecule has 1 aromatic carbocycles. The van der Waals surface area contributed by atoms with Gasteiger partial charge in [-0.15, -0.1) is 0 Å². The first kappa shape index (κ1) is 16.5. The molecule has 1 aromatic heterocycles. The Morgan fingerprint density at radius 3 is 2.56 bits per heavy atom. The van der Waals surface area contributed by atoms with Gasteiger partial charge >= 0.3 is 11.8 Å². The minimum atomic E-state index is -0.834. The SMILES string of the molecule is O=C(O)N1CC[C@H](N2CCC(n3c(=O)[nH]c4ccc(Cl)cc43)CC2)C1. The molecule has 7 nitrogen and oxygen atoms in total. The predicted octanol–water partition coefficient (Wildman–Crippen LogP) is 2.37. The lowest BCUT2D eigenvalue weighted by molar-refractivity contribution is 0.126. The van der Waals surface area contributed by atoms with Crippen molar-refractivity contribution in [2.75, 3.05) is 26.2 Å². The molecule has 0 bridgehead atoms. The van der Waals surface area contributed by atoms with Crippen molar-refractivity contribution in [2.45, 2.75) is 31.3 Å². The van der Waals surface area contributed by atoms with Gasteiger partial charge in [-0.25, -0.2) is 9.59 Å². The Hall–Kier alpha value is -1.99. The number of carbonyl (C=O) groups is 1. The van der Waals surface area contributed by atoms with Crippen LogP contribution < -0.4 is 5.69 Å². The standard InChI is InChI=1S/C17H21ClN4O3/c18-11-1-2-14-15(9-11)22(16(23)19-14)12-3-6-20(7-4-12)13-5-8-21(10-13)17(24)25/h1-2,9,12-13H,3-8,10H2,(H,19,23)(H,24,25)/t13-/m0/s1. The molecule has 2 aliphatic rings. The molecule has 8 heteroatoms. The van der Waals surface area contributed by atoms with Crippen LogP contribution in [0.3, 0.4) is 0 Å². The largest absolute Gasteiger partial charge is 0.465 e. The van der Waals surface area contributed by atoms with E-state index in [0.717, 1.165) is 43.4 Å². The zero-order chi connectivity index (χ0) is 17.6. The van der Waals surface area contributed by atoms with Crippen LogP contribution in [0.1, 0.15) is 25.3 Å². The van der Waals surface area contributed by atoms with E-state index in [9.17, 15) is 9.59 Å². The van der Waals surface area contributed by atoms with Crippen molar-refractivity contribution in [3.8, 4) is 0 Å². The van der Waals surface area contributed by atoms with E-state index >= 15 is 0 Å². The Labute approximate surface area is 149 Å². The molecule has 0 unspecified atom stereocenters. The van der Waals surface area contributed by atoms with E-state index in [1.54, 1.807) is 6.07 Å². The topological polar surface area (TPSA) is 81.6 Å². The van der Waals surface area contributed by atoms with Crippen LogP contribution in [0.5, 0.6) is 0 Å². The van der Waals surface area contributed by atoms with E-state index in [-0.39, 0.29) is 11.7 Å². The number of piperidine rings is 1. The molecule has 25 heavy (non-hydrogen) atoms. The number of aromatic amines is 1. The average molecular weight is 365 g/mol. The first-order chi connectivity index (χ1) is 12.0. The molecule has 134 valence electrons. The van der Waals surface area contributed by atoms with Crippen molar-refractivity contribution in [1.82, 2.24) is 19.4 Å². The van der Waals surface area contributed by atoms with Crippen LogP contribution in [0.4, 0.5) is 4.79 Å². The van der Waals surface area contributed by atoms with Crippen molar-refractivity contribution in [2.24, 2.45) is 0 Å². The molecule has 2 aromatic rings. The van der Waals surface area contributed by atoms with Crippen LogP contribution in [0, 0.1) is 0 Å². The fraction of sp³-hybridized carbons (Fsp3) is 0.529. The van der Waals surface area contributed by atoms with Gasteiger partial charge in [-0.2, -0.15) is 0 Å². The van der Waals surface area contributed by atoms with E-state index in [4.69, 9.17) is 16.7 Å². The minimum Gasteiger partial charge on any atom is -0.465 e. The van der Waals surface area contributed by atoms with Gasteiger partial charge in [-0.05, 0) is 37.5 Å². The maximum absolute atomic E-state index is 12.4. The highest BCUT2D eigenvalue weighted by Gasteiger charge is 2.33. The van der Waals surface area contributed by atoms with Crippen LogP contribution in [0.15, 0.2) is 23.0 Å². The van der Waals surface area contributed by atoms with E-state index in [2.05, 4.69) is 9.88 Å². The van der Waals surface area contributed by atoms with Gasteiger partial charge in [0.2, 0.25) is 0 Å². The molecule has 2 N–H and O–H groups in total. The van der Waals surface area contributed by atoms with Crippen molar-refractivity contribution < 1.29 is 9.90 Å². The lowest BCUT2D eigenvalue weighted by Gasteiger charge is -2.36. The predicted molar refractivity (Wildman–Crippen MR) is 95.4 cm³/mol. The Morgan fingerprint density at radius 2 is 1.88 bits per heavy atom. The molecule has 2 aliphatic heterocycles. The normalized spacial score (nSPS) is 22.8. The van der Waals surface area contributed by atoms with Gasteiger partial charge < -0.3 is 15.0 Å². The van der Waals surface area contributed by atoms with Gasteiger partial charge in [0.1, 0.15) is 0 Å². The Kier molecular flexibility index (Phi) is 4.21. The second-order valence-electron chi connectivity index (χ2n) is 6.90. The average Bonchev–Trinajstić information content (AvgIpc) is 3.19. The maximum atomic E-state index is 12.4. The van der Waals surface area contributed by atoms with Crippen molar-refractivity contribution >= 4 is 28.7 Å². The number of benzene rings is 1. The zero-order valence-corrected chi connectivity index (χ0v) is 14.6. The minimum absolute atomic E-state index is 0.0892. The Morgan fingerprint density at radius 1 is 1.16 bits per heavy atom. The third-order valence-corrected chi connectivity index (χ3v) is 5.73. The molecule has 2 saturated heterocycles. The summed E-state index contributed by atoms with van der Waals surface area (Å²) in [6.07, 6.45) is 1.81. The van der Waals surface area contributed by atoms with Gasteiger partial charge in [0.15, 0.2) is 0 Å². The third-order valence-electron chi connectivity index (χ3n) is 5.49. The lowest BCUT2D eigenvalue weighted by Crippen LogP contribution is -2.44. The molecule has 0 radical (unpaired) electrons. The number of amides is 1. The second-order valence-corrected chi connectivity index (χ2v) is 7.34. The number of carboxylic acid groups (broad SMARTS) is 1. The van der Waals surface area contributed by atoms with Gasteiger partial charge in [0.05, 0.1) is 11.0 Å². The molecule has 0 spiro atoms. The van der Waals surface area contributed by atoms with E-state index in [0.29, 0.717) is 24.2 Å². The molecular formula is C17H21ClN4O3. The number of rotatable bonds is 2. The first-order valence-corrected chi connectivity index (χ1v) is 9.02.